The van der Waals surface area contributed by atoms with Crippen molar-refractivity contribution in [3.63, 3.8) is 0 Å². The van der Waals surface area contributed by atoms with E-state index in [0.29, 0.717) is 0 Å². The van der Waals surface area contributed by atoms with Gasteiger partial charge in [0.2, 0.25) is 0 Å². The van der Waals surface area contributed by atoms with Gasteiger partial charge in [0, 0.05) is 35.3 Å². The van der Waals surface area contributed by atoms with Crippen LogP contribution in [0.4, 0.5) is 0 Å². The van der Waals surface area contributed by atoms with E-state index < -0.39 is 0 Å². The molecule has 1 saturated heterocycles. The molecular weight excluding hydrogens is 292 g/mol. The second-order valence-electron chi connectivity index (χ2n) is 6.12. The highest BCUT2D eigenvalue weighted by molar-refractivity contribution is 7.07. The summed E-state index contributed by atoms with van der Waals surface area (Å²) in [7, 11) is 0. The number of nitrogens with zero attached hydrogens (tertiary/aromatic N) is 2. The van der Waals surface area contributed by atoms with Gasteiger partial charge >= 0.3 is 0 Å². The molecule has 3 heterocycles. The van der Waals surface area contributed by atoms with Crippen molar-refractivity contribution < 1.29 is 4.42 Å². The molecule has 3 aromatic rings. The van der Waals surface area contributed by atoms with Crippen LogP contribution in [0.5, 0.6) is 0 Å². The van der Waals surface area contributed by atoms with Crippen molar-refractivity contribution in [2.24, 2.45) is 0 Å². The van der Waals surface area contributed by atoms with Gasteiger partial charge in [-0.3, -0.25) is 0 Å². The number of aromatic nitrogens is 1. The minimum atomic E-state index is 0.723. The average molecular weight is 312 g/mol. The molecule has 1 aliphatic heterocycles. The number of benzene rings is 1. The molecule has 4 heteroatoms. The molecule has 0 amide bonds. The second kappa shape index (κ2) is 5.86. The van der Waals surface area contributed by atoms with Crippen LogP contribution in [0.1, 0.15) is 25.5 Å². The smallest absolute Gasteiger partial charge is 0.134 e. The van der Waals surface area contributed by atoms with E-state index in [1.54, 1.807) is 11.3 Å². The zero-order valence-corrected chi connectivity index (χ0v) is 13.6. The van der Waals surface area contributed by atoms with Gasteiger partial charge in [0.15, 0.2) is 0 Å². The summed E-state index contributed by atoms with van der Waals surface area (Å²) in [6.07, 6.45) is 3.65. The van der Waals surface area contributed by atoms with Crippen molar-refractivity contribution >= 4 is 22.3 Å². The Hall–Kier alpha value is -1.65. The van der Waals surface area contributed by atoms with Crippen molar-refractivity contribution in [3.8, 4) is 11.3 Å². The Labute approximate surface area is 134 Å². The first-order chi connectivity index (χ1) is 10.8. The molecule has 22 heavy (non-hydrogen) atoms. The standard InChI is InChI=1S/C18H20N2OS/c1-13-3-2-7-20(13)8-6-16-9-15-5-4-14(10-18(15)21-16)17-11-22-12-19-17/h4-5,9-13H,2-3,6-8H2,1H3/t13-/m1/s1. The molecule has 3 nitrogen and oxygen atoms in total. The van der Waals surface area contributed by atoms with Crippen LogP contribution in [0.3, 0.4) is 0 Å². The molecule has 0 saturated carbocycles. The topological polar surface area (TPSA) is 29.3 Å². The van der Waals surface area contributed by atoms with Gasteiger partial charge in [-0.2, -0.15) is 0 Å². The fraction of sp³-hybridized carbons (Fsp3) is 0.389. The highest BCUT2D eigenvalue weighted by Crippen LogP contribution is 2.27. The first kappa shape index (κ1) is 14.0. The molecule has 0 radical (unpaired) electrons. The van der Waals surface area contributed by atoms with Gasteiger partial charge < -0.3 is 9.32 Å². The monoisotopic (exact) mass is 312 g/mol. The highest BCUT2D eigenvalue weighted by Gasteiger charge is 2.20. The SMILES string of the molecule is C[C@@H]1CCCN1CCc1cc2ccc(-c3cscn3)cc2o1. The van der Waals surface area contributed by atoms with Gasteiger partial charge in [-0.05, 0) is 38.4 Å². The summed E-state index contributed by atoms with van der Waals surface area (Å²) in [5, 5.41) is 3.25. The lowest BCUT2D eigenvalue weighted by atomic mass is 10.1. The third-order valence-electron chi connectivity index (χ3n) is 4.64. The van der Waals surface area contributed by atoms with Crippen LogP contribution < -0.4 is 0 Å². The molecule has 1 aromatic carbocycles. The van der Waals surface area contributed by atoms with Crippen molar-refractivity contribution in [2.45, 2.75) is 32.2 Å². The third kappa shape index (κ3) is 2.69. The highest BCUT2D eigenvalue weighted by atomic mass is 32.1. The fourth-order valence-corrected chi connectivity index (χ4v) is 3.86. The van der Waals surface area contributed by atoms with Crippen LogP contribution in [-0.4, -0.2) is 29.0 Å². The van der Waals surface area contributed by atoms with Gasteiger partial charge in [-0.25, -0.2) is 4.98 Å². The maximum Gasteiger partial charge on any atom is 0.134 e. The predicted octanol–water partition coefficient (Wildman–Crippen LogP) is 4.58. The number of rotatable bonds is 4. The maximum absolute atomic E-state index is 6.05. The lowest BCUT2D eigenvalue weighted by Crippen LogP contribution is -2.28. The van der Waals surface area contributed by atoms with E-state index in [9.17, 15) is 0 Å². The van der Waals surface area contributed by atoms with E-state index in [4.69, 9.17) is 4.42 Å². The zero-order valence-electron chi connectivity index (χ0n) is 12.8. The van der Waals surface area contributed by atoms with Gasteiger partial charge in [0.25, 0.3) is 0 Å². The molecule has 1 atom stereocenters. The number of hydrogen-bond acceptors (Lipinski definition) is 4. The van der Waals surface area contributed by atoms with Crippen LogP contribution in [0.25, 0.3) is 22.2 Å². The molecule has 1 aliphatic rings. The van der Waals surface area contributed by atoms with Crippen molar-refractivity contribution in [2.75, 3.05) is 13.1 Å². The van der Waals surface area contributed by atoms with Crippen LogP contribution in [0.15, 0.2) is 39.6 Å². The minimum absolute atomic E-state index is 0.723. The van der Waals surface area contributed by atoms with Crippen LogP contribution >= 0.6 is 11.3 Å². The van der Waals surface area contributed by atoms with E-state index in [-0.39, 0.29) is 0 Å². The summed E-state index contributed by atoms with van der Waals surface area (Å²) < 4.78 is 6.05. The van der Waals surface area contributed by atoms with E-state index in [1.165, 1.54) is 24.8 Å². The summed E-state index contributed by atoms with van der Waals surface area (Å²) >= 11 is 1.62. The van der Waals surface area contributed by atoms with Gasteiger partial charge in [-0.1, -0.05) is 12.1 Å². The number of thiazole rings is 1. The summed E-state index contributed by atoms with van der Waals surface area (Å²) in [5.74, 6) is 1.09. The Morgan fingerprint density at radius 1 is 1.36 bits per heavy atom. The normalized spacial score (nSPS) is 19.2. The zero-order chi connectivity index (χ0) is 14.9. The quantitative estimate of drug-likeness (QED) is 0.706. The Bertz CT molecular complexity index is 763. The van der Waals surface area contributed by atoms with Gasteiger partial charge in [-0.15, -0.1) is 11.3 Å². The van der Waals surface area contributed by atoms with Crippen LogP contribution in [0.2, 0.25) is 0 Å². The molecule has 0 unspecified atom stereocenters. The van der Waals surface area contributed by atoms with Gasteiger partial charge in [0.05, 0.1) is 11.2 Å². The number of hydrogen-bond donors (Lipinski definition) is 0. The van der Waals surface area contributed by atoms with Crippen LogP contribution in [0, 0.1) is 0 Å². The molecule has 114 valence electrons. The van der Waals surface area contributed by atoms with Crippen molar-refractivity contribution in [1.29, 1.82) is 0 Å². The molecule has 4 rings (SSSR count). The fourth-order valence-electron chi connectivity index (χ4n) is 3.30. The maximum atomic E-state index is 6.05. The number of fused-ring (bicyclic) bond motifs is 1. The largest absolute Gasteiger partial charge is 0.461 e. The van der Waals surface area contributed by atoms with Crippen molar-refractivity contribution in [1.82, 2.24) is 9.88 Å². The van der Waals surface area contributed by atoms with Gasteiger partial charge in [0.1, 0.15) is 11.3 Å². The molecule has 0 spiro atoms. The molecular formula is C18H20N2OS. The Morgan fingerprint density at radius 2 is 2.32 bits per heavy atom. The van der Waals surface area contributed by atoms with E-state index in [1.807, 2.05) is 5.51 Å². The lowest BCUT2D eigenvalue weighted by molar-refractivity contribution is 0.266. The Morgan fingerprint density at radius 3 is 3.09 bits per heavy atom. The van der Waals surface area contributed by atoms with E-state index in [0.717, 1.165) is 41.6 Å². The number of likely N-dealkylation sites (tertiary alicyclic amines) is 1. The molecule has 2 aromatic heterocycles. The molecule has 0 N–H and O–H groups in total. The summed E-state index contributed by atoms with van der Waals surface area (Å²) in [6, 6.07) is 9.27. The Balaban J connectivity index is 1.53. The van der Waals surface area contributed by atoms with E-state index in [2.05, 4.69) is 46.5 Å². The summed E-state index contributed by atoms with van der Waals surface area (Å²) in [5.41, 5.74) is 4.98. The second-order valence-corrected chi connectivity index (χ2v) is 6.83. The molecule has 1 fully saturated rings. The van der Waals surface area contributed by atoms with E-state index >= 15 is 0 Å². The minimum Gasteiger partial charge on any atom is -0.461 e. The predicted molar refractivity (Wildman–Crippen MR) is 91.3 cm³/mol. The molecule has 0 aliphatic carbocycles. The summed E-state index contributed by atoms with van der Waals surface area (Å²) in [4.78, 5) is 6.93. The Kier molecular flexibility index (Phi) is 3.72. The number of furan rings is 1. The molecule has 0 bridgehead atoms. The first-order valence-electron chi connectivity index (χ1n) is 7.95. The first-order valence-corrected chi connectivity index (χ1v) is 8.89. The van der Waals surface area contributed by atoms with Crippen LogP contribution in [-0.2, 0) is 6.42 Å². The van der Waals surface area contributed by atoms with Crippen molar-refractivity contribution in [3.05, 3.63) is 40.9 Å². The lowest BCUT2D eigenvalue weighted by Gasteiger charge is -2.19. The summed E-state index contributed by atoms with van der Waals surface area (Å²) in [6.45, 7) is 4.65. The third-order valence-corrected chi connectivity index (χ3v) is 5.22. The average Bonchev–Trinajstić information content (AvgIpc) is 3.25.